The van der Waals surface area contributed by atoms with Crippen LogP contribution in [0.5, 0.6) is 0 Å². The third-order valence-corrected chi connectivity index (χ3v) is 7.55. The molecule has 0 atom stereocenters. The van der Waals surface area contributed by atoms with Gasteiger partial charge < -0.3 is 9.13 Å². The molecule has 186 valence electrons. The molecule has 0 unspecified atom stereocenters. The first-order valence-corrected chi connectivity index (χ1v) is 13.7. The van der Waals surface area contributed by atoms with E-state index < -0.39 is 0 Å². The first kappa shape index (κ1) is 24.3. The van der Waals surface area contributed by atoms with Crippen molar-refractivity contribution in [3.05, 3.63) is 81.1 Å². The fourth-order valence-electron chi connectivity index (χ4n) is 5.70. The topological polar surface area (TPSA) is 44.0 Å². The van der Waals surface area contributed by atoms with E-state index in [2.05, 4.69) is 35.1 Å². The zero-order valence-electron chi connectivity index (χ0n) is 21.6. The van der Waals surface area contributed by atoms with Crippen LogP contribution in [0, 0.1) is 0 Å². The second-order valence-corrected chi connectivity index (χ2v) is 9.97. The molecule has 0 aliphatic carbocycles. The average molecular weight is 481 g/mol. The van der Waals surface area contributed by atoms with Crippen LogP contribution in [0.25, 0.3) is 43.6 Å². The molecule has 0 fully saturated rings. The van der Waals surface area contributed by atoms with E-state index in [-0.39, 0.29) is 10.9 Å². The van der Waals surface area contributed by atoms with Crippen LogP contribution in [0.4, 0.5) is 0 Å². The molecule has 5 rings (SSSR count). The van der Waals surface area contributed by atoms with Gasteiger partial charge in [-0.3, -0.25) is 9.59 Å². The number of para-hydroxylation sites is 2. The molecule has 4 nitrogen and oxygen atoms in total. The SMILES string of the molecule is CCCCCCn1c2ccccc2c(=O)c2c3c(=O)c4ccccc4n(CCCCCC)c3ccc21. The number of pyridine rings is 2. The van der Waals surface area contributed by atoms with Crippen molar-refractivity contribution in [2.45, 2.75) is 78.3 Å². The summed E-state index contributed by atoms with van der Waals surface area (Å²) in [4.78, 5) is 27.9. The van der Waals surface area contributed by atoms with Gasteiger partial charge in [0.15, 0.2) is 10.9 Å². The number of aromatic nitrogens is 2. The molecule has 2 heterocycles. The number of benzene rings is 3. The Hall–Kier alpha value is -3.40. The van der Waals surface area contributed by atoms with Crippen LogP contribution in [0.3, 0.4) is 0 Å². The van der Waals surface area contributed by atoms with Crippen LogP contribution in [-0.4, -0.2) is 9.13 Å². The van der Waals surface area contributed by atoms with E-state index in [1.807, 2.05) is 48.5 Å². The Morgan fingerprint density at radius 3 is 1.33 bits per heavy atom. The predicted molar refractivity (Wildman–Crippen MR) is 153 cm³/mol. The van der Waals surface area contributed by atoms with Crippen molar-refractivity contribution in [1.29, 1.82) is 0 Å². The zero-order chi connectivity index (χ0) is 25.1. The number of hydrogen-bond acceptors (Lipinski definition) is 2. The third kappa shape index (κ3) is 4.23. The Bertz CT molecular complexity index is 1530. The van der Waals surface area contributed by atoms with Crippen molar-refractivity contribution >= 4 is 43.6 Å². The second kappa shape index (κ2) is 10.7. The van der Waals surface area contributed by atoms with Gasteiger partial charge in [0.2, 0.25) is 0 Å². The first-order chi connectivity index (χ1) is 17.7. The Labute approximate surface area is 212 Å². The van der Waals surface area contributed by atoms with Gasteiger partial charge >= 0.3 is 0 Å². The van der Waals surface area contributed by atoms with Gasteiger partial charge in [0.25, 0.3) is 0 Å². The summed E-state index contributed by atoms with van der Waals surface area (Å²) in [5.41, 5.74) is 3.56. The molecule has 0 aliphatic rings. The van der Waals surface area contributed by atoms with E-state index in [0.29, 0.717) is 21.5 Å². The molecule has 0 spiro atoms. The number of nitrogens with zero attached hydrogens (tertiary/aromatic N) is 2. The fourth-order valence-corrected chi connectivity index (χ4v) is 5.70. The molecule has 0 amide bonds. The molecule has 0 bridgehead atoms. The highest BCUT2D eigenvalue weighted by Gasteiger charge is 2.18. The van der Waals surface area contributed by atoms with Crippen LogP contribution >= 0.6 is 0 Å². The molecular formula is C32H36N2O2. The van der Waals surface area contributed by atoms with Gasteiger partial charge in [-0.05, 0) is 49.2 Å². The monoisotopic (exact) mass is 480 g/mol. The minimum absolute atomic E-state index is 0.0408. The quantitative estimate of drug-likeness (QED) is 0.116. The summed E-state index contributed by atoms with van der Waals surface area (Å²) >= 11 is 0. The minimum atomic E-state index is -0.0408. The summed E-state index contributed by atoms with van der Waals surface area (Å²) in [6.07, 6.45) is 9.17. The average Bonchev–Trinajstić information content (AvgIpc) is 2.91. The van der Waals surface area contributed by atoms with E-state index in [9.17, 15) is 9.59 Å². The summed E-state index contributed by atoms with van der Waals surface area (Å²) in [7, 11) is 0. The lowest BCUT2D eigenvalue weighted by Gasteiger charge is -2.19. The Balaban J connectivity index is 1.84. The molecule has 2 aromatic heterocycles. The third-order valence-electron chi connectivity index (χ3n) is 7.55. The van der Waals surface area contributed by atoms with E-state index in [1.165, 1.54) is 25.7 Å². The second-order valence-electron chi connectivity index (χ2n) is 9.97. The number of fused-ring (bicyclic) bond motifs is 5. The van der Waals surface area contributed by atoms with Gasteiger partial charge in [-0.1, -0.05) is 76.6 Å². The van der Waals surface area contributed by atoms with Crippen LogP contribution in [0.2, 0.25) is 0 Å². The molecule has 0 saturated carbocycles. The van der Waals surface area contributed by atoms with Gasteiger partial charge in [0.05, 0.1) is 32.8 Å². The van der Waals surface area contributed by atoms with Crippen molar-refractivity contribution in [1.82, 2.24) is 9.13 Å². The van der Waals surface area contributed by atoms with Gasteiger partial charge in [-0.2, -0.15) is 0 Å². The highest BCUT2D eigenvalue weighted by atomic mass is 16.1. The van der Waals surface area contributed by atoms with E-state index >= 15 is 0 Å². The van der Waals surface area contributed by atoms with Crippen LogP contribution in [-0.2, 0) is 13.1 Å². The van der Waals surface area contributed by atoms with Crippen LogP contribution in [0.1, 0.15) is 65.2 Å². The number of unbranched alkanes of at least 4 members (excludes halogenated alkanes) is 6. The minimum Gasteiger partial charge on any atom is -0.340 e. The summed E-state index contributed by atoms with van der Waals surface area (Å²) < 4.78 is 4.53. The molecule has 36 heavy (non-hydrogen) atoms. The molecule has 0 N–H and O–H groups in total. The molecule has 5 aromatic rings. The van der Waals surface area contributed by atoms with Crippen LogP contribution < -0.4 is 10.9 Å². The predicted octanol–water partition coefficient (Wildman–Crippen LogP) is 7.78. The van der Waals surface area contributed by atoms with E-state index in [0.717, 1.165) is 60.8 Å². The van der Waals surface area contributed by atoms with Gasteiger partial charge in [0.1, 0.15) is 0 Å². The van der Waals surface area contributed by atoms with Crippen molar-refractivity contribution < 1.29 is 0 Å². The largest absolute Gasteiger partial charge is 0.340 e. The normalized spacial score (nSPS) is 11.8. The lowest BCUT2D eigenvalue weighted by Crippen LogP contribution is -2.17. The fraction of sp³-hybridized carbons (Fsp3) is 0.375. The standard InChI is InChI=1S/C32H36N2O2/c1-3-5-7-13-21-33-25-17-11-9-15-23(25)31(35)29-27(33)19-20-28-30(29)32(36)24-16-10-12-18-26(24)34(28)22-14-8-6-4-2/h9-12,15-20H,3-8,13-14,21-22H2,1-2H3. The first-order valence-electron chi connectivity index (χ1n) is 13.7. The summed E-state index contributed by atoms with van der Waals surface area (Å²) in [6.45, 7) is 6.10. The summed E-state index contributed by atoms with van der Waals surface area (Å²) in [5, 5.41) is 2.52. The van der Waals surface area contributed by atoms with Gasteiger partial charge in [0, 0.05) is 23.9 Å². The molecular weight excluding hydrogens is 444 g/mol. The maximum absolute atomic E-state index is 14.0. The maximum atomic E-state index is 14.0. The molecule has 0 aliphatic heterocycles. The number of hydrogen-bond donors (Lipinski definition) is 0. The number of aryl methyl sites for hydroxylation is 2. The Morgan fingerprint density at radius 2 is 0.917 bits per heavy atom. The van der Waals surface area contributed by atoms with E-state index in [4.69, 9.17) is 0 Å². The van der Waals surface area contributed by atoms with E-state index in [1.54, 1.807) is 0 Å². The smallest absolute Gasteiger partial charge is 0.198 e. The summed E-state index contributed by atoms with van der Waals surface area (Å²) in [6, 6.07) is 19.9. The highest BCUT2D eigenvalue weighted by molar-refractivity contribution is 6.11. The Morgan fingerprint density at radius 1 is 0.500 bits per heavy atom. The Kier molecular flexibility index (Phi) is 7.22. The van der Waals surface area contributed by atoms with Crippen molar-refractivity contribution in [3.63, 3.8) is 0 Å². The molecule has 4 heteroatoms. The lowest BCUT2D eigenvalue weighted by molar-refractivity contribution is 0.600. The maximum Gasteiger partial charge on any atom is 0.198 e. The molecule has 0 radical (unpaired) electrons. The van der Waals surface area contributed by atoms with Crippen molar-refractivity contribution in [2.24, 2.45) is 0 Å². The van der Waals surface area contributed by atoms with Gasteiger partial charge in [-0.25, -0.2) is 0 Å². The molecule has 3 aromatic carbocycles. The lowest BCUT2D eigenvalue weighted by atomic mass is 10.0. The van der Waals surface area contributed by atoms with Gasteiger partial charge in [-0.15, -0.1) is 0 Å². The molecule has 0 saturated heterocycles. The van der Waals surface area contributed by atoms with Crippen molar-refractivity contribution in [3.8, 4) is 0 Å². The zero-order valence-corrected chi connectivity index (χ0v) is 21.6. The van der Waals surface area contributed by atoms with Crippen LogP contribution in [0.15, 0.2) is 70.3 Å². The number of rotatable bonds is 10. The summed E-state index contributed by atoms with van der Waals surface area (Å²) in [5.74, 6) is 0. The highest BCUT2D eigenvalue weighted by Crippen LogP contribution is 2.28. The van der Waals surface area contributed by atoms with Crippen molar-refractivity contribution in [2.75, 3.05) is 0 Å².